The van der Waals surface area contributed by atoms with E-state index in [9.17, 15) is 13.6 Å². The summed E-state index contributed by atoms with van der Waals surface area (Å²) in [6, 6.07) is 2.71. The summed E-state index contributed by atoms with van der Waals surface area (Å²) in [7, 11) is 1.28. The fourth-order valence-electron chi connectivity index (χ4n) is 1.47. The Morgan fingerprint density at radius 1 is 1.50 bits per heavy atom. The first kappa shape index (κ1) is 14.4. The smallest absolute Gasteiger partial charge is 0.342 e. The maximum absolute atomic E-state index is 13.8. The van der Waals surface area contributed by atoms with Gasteiger partial charge < -0.3 is 15.2 Å². The molecular formula is C12H15F2NO3. The van der Waals surface area contributed by atoms with Gasteiger partial charge in [0.1, 0.15) is 0 Å². The molecule has 0 heterocycles. The first-order valence-electron chi connectivity index (χ1n) is 5.41. The van der Waals surface area contributed by atoms with Gasteiger partial charge in [-0.1, -0.05) is 12.1 Å². The van der Waals surface area contributed by atoms with E-state index in [0.29, 0.717) is 0 Å². The molecule has 0 radical (unpaired) electrons. The molecule has 0 aliphatic heterocycles. The number of ether oxygens (including phenoxy) is 2. The molecule has 2 N–H and O–H groups in total. The SMILES string of the molecule is CCOC(=O)C(F)[C@H](N)c1cccc(OC)c1F. The minimum absolute atomic E-state index is 0.0343. The largest absolute Gasteiger partial charge is 0.494 e. The lowest BCUT2D eigenvalue weighted by molar-refractivity contribution is -0.149. The van der Waals surface area contributed by atoms with Gasteiger partial charge in [-0.3, -0.25) is 0 Å². The van der Waals surface area contributed by atoms with Crippen molar-refractivity contribution in [1.29, 1.82) is 0 Å². The van der Waals surface area contributed by atoms with Gasteiger partial charge >= 0.3 is 5.97 Å². The summed E-state index contributed by atoms with van der Waals surface area (Å²) in [4.78, 5) is 11.2. The zero-order valence-electron chi connectivity index (χ0n) is 10.2. The van der Waals surface area contributed by atoms with Crippen LogP contribution in [0.3, 0.4) is 0 Å². The van der Waals surface area contributed by atoms with Crippen LogP contribution >= 0.6 is 0 Å². The van der Waals surface area contributed by atoms with E-state index >= 15 is 0 Å². The number of carbonyl (C=O) groups excluding carboxylic acids is 1. The van der Waals surface area contributed by atoms with Crippen molar-refractivity contribution in [3.05, 3.63) is 29.6 Å². The van der Waals surface area contributed by atoms with Crippen LogP contribution in [0.2, 0.25) is 0 Å². The highest BCUT2D eigenvalue weighted by molar-refractivity contribution is 5.75. The van der Waals surface area contributed by atoms with Crippen LogP contribution in [0, 0.1) is 5.82 Å². The Kier molecular flexibility index (Phi) is 5.03. The zero-order chi connectivity index (χ0) is 13.7. The van der Waals surface area contributed by atoms with Crippen LogP contribution < -0.4 is 10.5 Å². The molecule has 0 spiro atoms. The van der Waals surface area contributed by atoms with Crippen LogP contribution in [0.15, 0.2) is 18.2 Å². The third-order valence-corrected chi connectivity index (χ3v) is 2.40. The average Bonchev–Trinajstić information content (AvgIpc) is 2.37. The molecule has 1 aromatic carbocycles. The maximum Gasteiger partial charge on any atom is 0.342 e. The fraction of sp³-hybridized carbons (Fsp3) is 0.417. The van der Waals surface area contributed by atoms with Gasteiger partial charge in [-0.05, 0) is 13.0 Å². The van der Waals surface area contributed by atoms with Crippen LogP contribution in [0.25, 0.3) is 0 Å². The lowest BCUT2D eigenvalue weighted by atomic mass is 10.0. The molecule has 0 saturated carbocycles. The predicted octanol–water partition coefficient (Wildman–Crippen LogP) is 1.74. The van der Waals surface area contributed by atoms with E-state index in [-0.39, 0.29) is 17.9 Å². The van der Waals surface area contributed by atoms with Crippen molar-refractivity contribution in [2.75, 3.05) is 13.7 Å². The number of esters is 1. The van der Waals surface area contributed by atoms with Crippen LogP contribution in [-0.2, 0) is 9.53 Å². The Labute approximate surface area is 104 Å². The Morgan fingerprint density at radius 3 is 2.72 bits per heavy atom. The van der Waals surface area contributed by atoms with Crippen molar-refractivity contribution in [3.63, 3.8) is 0 Å². The summed E-state index contributed by atoms with van der Waals surface area (Å²) in [5, 5.41) is 0. The number of halogens is 2. The normalized spacial score (nSPS) is 13.8. The molecule has 1 rings (SSSR count). The Balaban J connectivity index is 2.96. The van der Waals surface area contributed by atoms with Crippen LogP contribution in [0.1, 0.15) is 18.5 Å². The quantitative estimate of drug-likeness (QED) is 0.818. The van der Waals surface area contributed by atoms with Gasteiger partial charge in [-0.2, -0.15) is 0 Å². The van der Waals surface area contributed by atoms with E-state index in [1.165, 1.54) is 25.3 Å². The Hall–Kier alpha value is -1.69. The third-order valence-electron chi connectivity index (χ3n) is 2.40. The topological polar surface area (TPSA) is 61.5 Å². The third kappa shape index (κ3) is 2.95. The summed E-state index contributed by atoms with van der Waals surface area (Å²) >= 11 is 0. The zero-order valence-corrected chi connectivity index (χ0v) is 10.2. The van der Waals surface area contributed by atoms with Crippen LogP contribution in [0.4, 0.5) is 8.78 Å². The van der Waals surface area contributed by atoms with Crippen LogP contribution in [0.5, 0.6) is 5.75 Å². The number of nitrogens with two attached hydrogens (primary N) is 1. The monoisotopic (exact) mass is 259 g/mol. The van der Waals surface area contributed by atoms with E-state index < -0.39 is 24.0 Å². The highest BCUT2D eigenvalue weighted by atomic mass is 19.1. The molecule has 0 aromatic heterocycles. The number of carbonyl (C=O) groups is 1. The van der Waals surface area contributed by atoms with E-state index in [4.69, 9.17) is 10.5 Å². The minimum Gasteiger partial charge on any atom is -0.494 e. The van der Waals surface area contributed by atoms with E-state index in [1.54, 1.807) is 6.92 Å². The lowest BCUT2D eigenvalue weighted by Gasteiger charge is -2.17. The Bertz CT molecular complexity index is 426. The highest BCUT2D eigenvalue weighted by Gasteiger charge is 2.30. The molecule has 18 heavy (non-hydrogen) atoms. The van der Waals surface area contributed by atoms with Gasteiger partial charge in [0.05, 0.1) is 19.8 Å². The van der Waals surface area contributed by atoms with Crippen molar-refractivity contribution in [3.8, 4) is 5.75 Å². The molecular weight excluding hydrogens is 244 g/mol. The molecule has 0 aliphatic rings. The molecule has 1 unspecified atom stereocenters. The second-order valence-electron chi connectivity index (χ2n) is 3.54. The molecule has 0 aliphatic carbocycles. The number of rotatable bonds is 5. The Morgan fingerprint density at radius 2 is 2.17 bits per heavy atom. The number of hydrogen-bond donors (Lipinski definition) is 1. The van der Waals surface area contributed by atoms with E-state index in [1.807, 2.05) is 0 Å². The molecule has 100 valence electrons. The second-order valence-corrected chi connectivity index (χ2v) is 3.54. The van der Waals surface area contributed by atoms with Crippen molar-refractivity contribution < 1.29 is 23.0 Å². The molecule has 0 fully saturated rings. The fourth-order valence-corrected chi connectivity index (χ4v) is 1.47. The summed E-state index contributed by atoms with van der Waals surface area (Å²) < 4.78 is 36.7. The van der Waals surface area contributed by atoms with Crippen molar-refractivity contribution >= 4 is 5.97 Å². The number of benzene rings is 1. The van der Waals surface area contributed by atoms with E-state index in [2.05, 4.69) is 4.74 Å². The molecule has 0 bridgehead atoms. The van der Waals surface area contributed by atoms with Gasteiger partial charge in [0.25, 0.3) is 0 Å². The lowest BCUT2D eigenvalue weighted by Crippen LogP contribution is -2.32. The van der Waals surface area contributed by atoms with Gasteiger partial charge in [-0.25, -0.2) is 13.6 Å². The second kappa shape index (κ2) is 6.30. The summed E-state index contributed by atoms with van der Waals surface area (Å²) in [5.41, 5.74) is 5.39. The summed E-state index contributed by atoms with van der Waals surface area (Å²) in [5.74, 6) is -1.94. The molecule has 0 saturated heterocycles. The first-order valence-corrected chi connectivity index (χ1v) is 5.41. The molecule has 2 atom stereocenters. The first-order chi connectivity index (χ1) is 8.52. The number of alkyl halides is 1. The van der Waals surface area contributed by atoms with Gasteiger partial charge in [0, 0.05) is 5.56 Å². The van der Waals surface area contributed by atoms with E-state index in [0.717, 1.165) is 0 Å². The molecule has 1 aromatic rings. The maximum atomic E-state index is 13.8. The van der Waals surface area contributed by atoms with Crippen LogP contribution in [-0.4, -0.2) is 25.9 Å². The van der Waals surface area contributed by atoms with Gasteiger partial charge in [0.15, 0.2) is 11.6 Å². The van der Waals surface area contributed by atoms with Gasteiger partial charge in [0.2, 0.25) is 6.17 Å². The van der Waals surface area contributed by atoms with Gasteiger partial charge in [-0.15, -0.1) is 0 Å². The standard InChI is InChI=1S/C12H15F2NO3/c1-3-18-12(16)10(14)11(15)7-5-4-6-8(17-2)9(7)13/h4-6,10-11H,3,15H2,1-2H3/t10?,11-/m1/s1. The highest BCUT2D eigenvalue weighted by Crippen LogP contribution is 2.26. The summed E-state index contributed by atoms with van der Waals surface area (Å²) in [6.45, 7) is 1.58. The summed E-state index contributed by atoms with van der Waals surface area (Å²) in [6.07, 6.45) is -2.12. The minimum atomic E-state index is -2.12. The number of hydrogen-bond acceptors (Lipinski definition) is 4. The molecule has 6 heteroatoms. The van der Waals surface area contributed by atoms with Crippen molar-refractivity contribution in [2.45, 2.75) is 19.1 Å². The van der Waals surface area contributed by atoms with Crippen molar-refractivity contribution in [1.82, 2.24) is 0 Å². The molecule has 0 amide bonds. The molecule has 4 nitrogen and oxygen atoms in total. The predicted molar refractivity (Wildman–Crippen MR) is 61.4 cm³/mol. The number of methoxy groups -OCH3 is 1. The van der Waals surface area contributed by atoms with Crippen molar-refractivity contribution in [2.24, 2.45) is 5.73 Å². The average molecular weight is 259 g/mol.